The van der Waals surface area contributed by atoms with Crippen molar-refractivity contribution >= 4 is 33.7 Å². The van der Waals surface area contributed by atoms with E-state index in [9.17, 15) is 4.79 Å². The third-order valence-electron chi connectivity index (χ3n) is 5.63. The molecule has 4 heterocycles. The number of fused-ring (bicyclic) bond motifs is 1. The summed E-state index contributed by atoms with van der Waals surface area (Å²) in [4.78, 5) is 20.8. The minimum atomic E-state index is -0.146. The Labute approximate surface area is 162 Å². The molecule has 0 atom stereocenters. The minimum Gasteiger partial charge on any atom is -0.494 e. The molecule has 2 aromatic heterocycles. The summed E-state index contributed by atoms with van der Waals surface area (Å²) < 4.78 is 6.12. The number of aromatic nitrogens is 1. The summed E-state index contributed by atoms with van der Waals surface area (Å²) in [7, 11) is 0. The zero-order valence-corrected chi connectivity index (χ0v) is 15.7. The number of pyridine rings is 1. The van der Waals surface area contributed by atoms with Crippen molar-refractivity contribution in [3.63, 3.8) is 0 Å². The first-order valence-corrected chi connectivity index (χ1v) is 10.2. The molecular weight excluding hydrogens is 356 g/mol. The summed E-state index contributed by atoms with van der Waals surface area (Å²) in [5.74, 6) is 0.0681. The number of thiophene rings is 1. The number of hydrogen-bond acceptors (Lipinski definition) is 4. The minimum absolute atomic E-state index is 0.0681. The van der Waals surface area contributed by atoms with Crippen LogP contribution >= 0.6 is 11.3 Å². The van der Waals surface area contributed by atoms with Gasteiger partial charge in [0.15, 0.2) is 0 Å². The number of nitrogens with zero attached hydrogens (tertiary/aromatic N) is 2. The molecule has 1 amide bonds. The number of carbonyl (C=O) groups excluding carboxylic acids is 1. The lowest BCUT2D eigenvalue weighted by atomic mass is 9.86. The maximum absolute atomic E-state index is 13.1. The van der Waals surface area contributed by atoms with Crippen molar-refractivity contribution in [2.75, 3.05) is 13.1 Å². The molecule has 1 aromatic carbocycles. The van der Waals surface area contributed by atoms with Crippen molar-refractivity contribution in [3.05, 3.63) is 70.7 Å². The van der Waals surface area contributed by atoms with E-state index in [1.54, 1.807) is 17.5 Å². The maximum Gasteiger partial charge on any atom is 0.256 e. The molecule has 1 saturated heterocycles. The highest BCUT2D eigenvalue weighted by atomic mass is 32.1. The molecule has 4 nitrogen and oxygen atoms in total. The van der Waals surface area contributed by atoms with Gasteiger partial charge >= 0.3 is 0 Å². The number of carbonyl (C=O) groups is 1. The normalized spacial score (nSPS) is 18.5. The van der Waals surface area contributed by atoms with Crippen LogP contribution in [0.25, 0.3) is 16.5 Å². The van der Waals surface area contributed by atoms with Gasteiger partial charge < -0.3 is 9.64 Å². The van der Waals surface area contributed by atoms with Crippen molar-refractivity contribution in [1.82, 2.24) is 9.88 Å². The predicted octanol–water partition coefficient (Wildman–Crippen LogP) is 4.73. The molecule has 5 rings (SSSR count). The third-order valence-corrected chi connectivity index (χ3v) is 6.57. The number of amides is 1. The second-order valence-corrected chi connectivity index (χ2v) is 8.22. The van der Waals surface area contributed by atoms with Crippen LogP contribution in [-0.2, 0) is 4.74 Å². The molecule has 1 fully saturated rings. The summed E-state index contributed by atoms with van der Waals surface area (Å²) >= 11 is 1.75. The number of ether oxygens (including phenoxy) is 1. The van der Waals surface area contributed by atoms with Crippen LogP contribution in [-0.4, -0.2) is 34.5 Å². The smallest absolute Gasteiger partial charge is 0.256 e. The Kier molecular flexibility index (Phi) is 3.97. The summed E-state index contributed by atoms with van der Waals surface area (Å²) in [5, 5.41) is 3.10. The van der Waals surface area contributed by atoms with Gasteiger partial charge in [-0.2, -0.15) is 0 Å². The van der Waals surface area contributed by atoms with Crippen molar-refractivity contribution < 1.29 is 9.53 Å². The van der Waals surface area contributed by atoms with Gasteiger partial charge in [0.2, 0.25) is 0 Å². The highest BCUT2D eigenvalue weighted by Gasteiger charge is 2.41. The van der Waals surface area contributed by atoms with Gasteiger partial charge in [-0.15, -0.1) is 11.3 Å². The van der Waals surface area contributed by atoms with E-state index >= 15 is 0 Å². The topological polar surface area (TPSA) is 42.4 Å². The van der Waals surface area contributed by atoms with Gasteiger partial charge in [0.05, 0.1) is 17.3 Å². The molecule has 0 N–H and O–H groups in total. The van der Waals surface area contributed by atoms with Crippen LogP contribution in [0.2, 0.25) is 0 Å². The molecule has 27 heavy (non-hydrogen) atoms. The molecule has 0 saturated carbocycles. The Bertz CT molecular complexity index is 1010. The number of piperidine rings is 1. The fourth-order valence-corrected chi connectivity index (χ4v) is 4.82. The first-order chi connectivity index (χ1) is 13.2. The summed E-state index contributed by atoms with van der Waals surface area (Å²) in [6.45, 7) is 1.43. The van der Waals surface area contributed by atoms with Crippen molar-refractivity contribution in [2.24, 2.45) is 0 Å². The molecule has 136 valence electrons. The molecular formula is C22H20N2O2S. The van der Waals surface area contributed by atoms with Crippen LogP contribution in [0.5, 0.6) is 0 Å². The van der Waals surface area contributed by atoms with Crippen LogP contribution in [0.4, 0.5) is 0 Å². The standard InChI is InChI=1S/C22H20N2O2S/c25-21(18-6-1-4-16-5-2-10-23-20(16)18)24-11-8-22(9-12-24)14-17(15-26-22)19-7-3-13-27-19/h1-7,10,13,15H,8-9,11-12,14H2. The summed E-state index contributed by atoms with van der Waals surface area (Å²) in [5.41, 5.74) is 2.61. The average Bonchev–Trinajstić information content (AvgIpc) is 3.38. The Balaban J connectivity index is 1.30. The molecule has 0 aliphatic carbocycles. The Morgan fingerprint density at radius 3 is 2.78 bits per heavy atom. The van der Waals surface area contributed by atoms with Gasteiger partial charge in [-0.05, 0) is 23.6 Å². The number of benzene rings is 1. The third kappa shape index (κ3) is 2.92. The lowest BCUT2D eigenvalue weighted by Crippen LogP contribution is -2.46. The van der Waals surface area contributed by atoms with Gasteiger partial charge in [0.1, 0.15) is 5.60 Å². The van der Waals surface area contributed by atoms with E-state index in [0.29, 0.717) is 18.7 Å². The quantitative estimate of drug-likeness (QED) is 0.649. The highest BCUT2D eigenvalue weighted by Crippen LogP contribution is 2.42. The van der Waals surface area contributed by atoms with Crippen molar-refractivity contribution in [2.45, 2.75) is 24.9 Å². The highest BCUT2D eigenvalue weighted by molar-refractivity contribution is 7.11. The van der Waals surface area contributed by atoms with Crippen LogP contribution in [0.3, 0.4) is 0 Å². The Morgan fingerprint density at radius 2 is 1.96 bits per heavy atom. The number of hydrogen-bond donors (Lipinski definition) is 0. The SMILES string of the molecule is O=C(c1cccc2cccnc12)N1CCC2(CC1)CC(c1cccs1)=CO2. The van der Waals surface area contributed by atoms with E-state index in [0.717, 1.165) is 30.2 Å². The van der Waals surface area contributed by atoms with E-state index in [2.05, 4.69) is 22.5 Å². The molecule has 0 unspecified atom stereocenters. The van der Waals surface area contributed by atoms with Gasteiger partial charge in [0, 0.05) is 54.4 Å². The Hall–Kier alpha value is -2.66. The van der Waals surface area contributed by atoms with Gasteiger partial charge in [0.25, 0.3) is 5.91 Å². The van der Waals surface area contributed by atoms with E-state index in [-0.39, 0.29) is 11.5 Å². The fourth-order valence-electron chi connectivity index (χ4n) is 4.09. The summed E-state index contributed by atoms with van der Waals surface area (Å²) in [6.07, 6.45) is 6.34. The van der Waals surface area contributed by atoms with Gasteiger partial charge in [-0.1, -0.05) is 24.3 Å². The molecule has 3 aromatic rings. The number of likely N-dealkylation sites (tertiary alicyclic amines) is 1. The average molecular weight is 376 g/mol. The first kappa shape index (κ1) is 16.5. The van der Waals surface area contributed by atoms with Gasteiger partial charge in [-0.3, -0.25) is 9.78 Å². The summed E-state index contributed by atoms with van der Waals surface area (Å²) in [6, 6.07) is 13.9. The number of para-hydroxylation sites is 1. The van der Waals surface area contributed by atoms with Crippen LogP contribution < -0.4 is 0 Å². The van der Waals surface area contributed by atoms with E-state index in [4.69, 9.17) is 4.74 Å². The van der Waals surface area contributed by atoms with Crippen molar-refractivity contribution in [3.8, 4) is 0 Å². The zero-order chi connectivity index (χ0) is 18.3. The largest absolute Gasteiger partial charge is 0.494 e. The van der Waals surface area contributed by atoms with E-state index in [1.807, 2.05) is 41.5 Å². The zero-order valence-electron chi connectivity index (χ0n) is 14.9. The Morgan fingerprint density at radius 1 is 1.11 bits per heavy atom. The predicted molar refractivity (Wildman–Crippen MR) is 108 cm³/mol. The molecule has 0 bridgehead atoms. The first-order valence-electron chi connectivity index (χ1n) is 9.28. The molecule has 5 heteroatoms. The second kappa shape index (κ2) is 6.50. The number of rotatable bonds is 2. The molecule has 1 spiro atoms. The van der Waals surface area contributed by atoms with Crippen molar-refractivity contribution in [1.29, 1.82) is 0 Å². The van der Waals surface area contributed by atoms with Crippen LogP contribution in [0.1, 0.15) is 34.5 Å². The van der Waals surface area contributed by atoms with Crippen LogP contribution in [0, 0.1) is 0 Å². The van der Waals surface area contributed by atoms with E-state index in [1.165, 1.54) is 10.5 Å². The van der Waals surface area contributed by atoms with Gasteiger partial charge in [-0.25, -0.2) is 0 Å². The molecule has 2 aliphatic rings. The lowest BCUT2D eigenvalue weighted by Gasteiger charge is -2.38. The fraction of sp³-hybridized carbons (Fsp3) is 0.273. The molecule has 2 aliphatic heterocycles. The lowest BCUT2D eigenvalue weighted by molar-refractivity contribution is -0.0112. The van der Waals surface area contributed by atoms with E-state index < -0.39 is 0 Å². The maximum atomic E-state index is 13.1. The monoisotopic (exact) mass is 376 g/mol. The molecule has 0 radical (unpaired) electrons. The van der Waals surface area contributed by atoms with Crippen LogP contribution in [0.15, 0.2) is 60.3 Å². The second-order valence-electron chi connectivity index (χ2n) is 7.27.